The van der Waals surface area contributed by atoms with Crippen LogP contribution in [0.15, 0.2) is 0 Å². The lowest BCUT2D eigenvalue weighted by atomic mass is 10.2. The summed E-state index contributed by atoms with van der Waals surface area (Å²) in [4.78, 5) is 2.57. The van der Waals surface area contributed by atoms with Crippen molar-refractivity contribution in [1.29, 1.82) is 0 Å². The lowest BCUT2D eigenvalue weighted by Crippen LogP contribution is -2.40. The first-order valence-electron chi connectivity index (χ1n) is 5.61. The number of hydrogen-bond acceptors (Lipinski definition) is 2. The van der Waals surface area contributed by atoms with E-state index < -0.39 is 0 Å². The zero-order valence-corrected chi connectivity index (χ0v) is 9.14. The van der Waals surface area contributed by atoms with Crippen LogP contribution in [0, 0.1) is 0 Å². The molecule has 76 valence electrons. The number of nitrogens with one attached hydrogen (secondary N) is 1. The molecule has 2 aliphatic rings. The number of rotatable bonds is 3. The van der Waals surface area contributed by atoms with Crippen LogP contribution in [-0.4, -0.2) is 35.6 Å². The molecule has 0 aromatic carbocycles. The Labute approximate surface area is 81.7 Å². The first-order valence-corrected chi connectivity index (χ1v) is 5.61. The Morgan fingerprint density at radius 3 is 2.54 bits per heavy atom. The third-order valence-electron chi connectivity index (χ3n) is 3.50. The zero-order chi connectivity index (χ0) is 9.47. The molecular formula is C11H22N2. The van der Waals surface area contributed by atoms with E-state index in [9.17, 15) is 0 Å². The summed E-state index contributed by atoms with van der Waals surface area (Å²) in [5, 5.41) is 3.77. The first kappa shape index (κ1) is 9.47. The third kappa shape index (κ3) is 2.23. The molecule has 0 radical (unpaired) electrons. The third-order valence-corrected chi connectivity index (χ3v) is 3.50. The van der Waals surface area contributed by atoms with Crippen LogP contribution in [0.1, 0.15) is 40.0 Å². The van der Waals surface area contributed by atoms with Crippen molar-refractivity contribution in [2.24, 2.45) is 0 Å². The SMILES string of the molecule is CC(C)N1CC[C@H](NC2(C)CC2)C1. The number of likely N-dealkylation sites (tertiary alicyclic amines) is 1. The Morgan fingerprint density at radius 2 is 2.08 bits per heavy atom. The Hall–Kier alpha value is -0.0800. The Balaban J connectivity index is 1.78. The average Bonchev–Trinajstić information content (AvgIpc) is 2.62. The maximum absolute atomic E-state index is 3.77. The Kier molecular flexibility index (Phi) is 2.37. The Bertz CT molecular complexity index is 185. The highest BCUT2D eigenvalue weighted by Crippen LogP contribution is 2.35. The summed E-state index contributed by atoms with van der Waals surface area (Å²) in [6.45, 7) is 9.48. The minimum absolute atomic E-state index is 0.512. The highest BCUT2D eigenvalue weighted by atomic mass is 15.2. The average molecular weight is 182 g/mol. The quantitative estimate of drug-likeness (QED) is 0.713. The molecule has 1 N–H and O–H groups in total. The Morgan fingerprint density at radius 1 is 1.38 bits per heavy atom. The standard InChI is InChI=1S/C11H22N2/c1-9(2)13-7-4-10(8-13)12-11(3)5-6-11/h9-10,12H,4-8H2,1-3H3/t10-/m0/s1. The fourth-order valence-corrected chi connectivity index (χ4v) is 2.20. The van der Waals surface area contributed by atoms with E-state index in [1.165, 1.54) is 32.4 Å². The van der Waals surface area contributed by atoms with Crippen molar-refractivity contribution in [3.8, 4) is 0 Å². The van der Waals surface area contributed by atoms with Gasteiger partial charge in [-0.05, 0) is 46.6 Å². The van der Waals surface area contributed by atoms with Crippen LogP contribution in [0.25, 0.3) is 0 Å². The lowest BCUT2D eigenvalue weighted by molar-refractivity contribution is 0.265. The largest absolute Gasteiger partial charge is 0.307 e. The van der Waals surface area contributed by atoms with E-state index in [0.717, 1.165) is 12.1 Å². The summed E-state index contributed by atoms with van der Waals surface area (Å²) in [5.74, 6) is 0. The predicted molar refractivity (Wildman–Crippen MR) is 55.9 cm³/mol. The zero-order valence-electron chi connectivity index (χ0n) is 9.14. The maximum Gasteiger partial charge on any atom is 0.0212 e. The van der Waals surface area contributed by atoms with Crippen LogP contribution in [0.4, 0.5) is 0 Å². The van der Waals surface area contributed by atoms with E-state index in [1.807, 2.05) is 0 Å². The van der Waals surface area contributed by atoms with Gasteiger partial charge in [0, 0.05) is 24.2 Å². The molecule has 1 saturated carbocycles. The van der Waals surface area contributed by atoms with Crippen molar-refractivity contribution in [2.45, 2.75) is 57.7 Å². The van der Waals surface area contributed by atoms with Crippen LogP contribution >= 0.6 is 0 Å². The molecule has 0 aromatic rings. The summed E-state index contributed by atoms with van der Waals surface area (Å²) < 4.78 is 0. The molecule has 1 atom stereocenters. The summed E-state index contributed by atoms with van der Waals surface area (Å²) in [6, 6.07) is 1.48. The van der Waals surface area contributed by atoms with Gasteiger partial charge in [0.25, 0.3) is 0 Å². The van der Waals surface area contributed by atoms with Crippen molar-refractivity contribution in [3.63, 3.8) is 0 Å². The topological polar surface area (TPSA) is 15.3 Å². The molecule has 2 nitrogen and oxygen atoms in total. The monoisotopic (exact) mass is 182 g/mol. The fourth-order valence-electron chi connectivity index (χ4n) is 2.20. The molecule has 2 fully saturated rings. The molecule has 2 heteroatoms. The minimum Gasteiger partial charge on any atom is -0.307 e. The summed E-state index contributed by atoms with van der Waals surface area (Å²) in [6.07, 6.45) is 4.10. The van der Waals surface area contributed by atoms with E-state index in [-0.39, 0.29) is 0 Å². The van der Waals surface area contributed by atoms with Gasteiger partial charge in [-0.2, -0.15) is 0 Å². The van der Waals surface area contributed by atoms with Crippen LogP contribution in [0.3, 0.4) is 0 Å². The van der Waals surface area contributed by atoms with E-state index in [2.05, 4.69) is 31.0 Å². The fraction of sp³-hybridized carbons (Fsp3) is 1.00. The number of nitrogens with zero attached hydrogens (tertiary/aromatic N) is 1. The molecule has 1 aliphatic heterocycles. The van der Waals surface area contributed by atoms with Gasteiger partial charge in [0.05, 0.1) is 0 Å². The normalized spacial score (nSPS) is 32.8. The van der Waals surface area contributed by atoms with Crippen molar-refractivity contribution in [3.05, 3.63) is 0 Å². The van der Waals surface area contributed by atoms with Gasteiger partial charge in [-0.3, -0.25) is 4.90 Å². The summed E-state index contributed by atoms with van der Waals surface area (Å²) >= 11 is 0. The molecule has 2 rings (SSSR count). The minimum atomic E-state index is 0.512. The summed E-state index contributed by atoms with van der Waals surface area (Å²) in [5.41, 5.74) is 0.512. The molecule has 0 bridgehead atoms. The van der Waals surface area contributed by atoms with Gasteiger partial charge in [-0.15, -0.1) is 0 Å². The van der Waals surface area contributed by atoms with Gasteiger partial charge in [0.15, 0.2) is 0 Å². The van der Waals surface area contributed by atoms with Crippen molar-refractivity contribution in [2.75, 3.05) is 13.1 Å². The first-order chi connectivity index (χ1) is 6.09. The predicted octanol–water partition coefficient (Wildman–Crippen LogP) is 1.61. The summed E-state index contributed by atoms with van der Waals surface area (Å²) in [7, 11) is 0. The van der Waals surface area contributed by atoms with Crippen molar-refractivity contribution in [1.82, 2.24) is 10.2 Å². The van der Waals surface area contributed by atoms with E-state index >= 15 is 0 Å². The van der Waals surface area contributed by atoms with Gasteiger partial charge >= 0.3 is 0 Å². The van der Waals surface area contributed by atoms with Crippen LogP contribution < -0.4 is 5.32 Å². The van der Waals surface area contributed by atoms with Crippen LogP contribution in [0.2, 0.25) is 0 Å². The van der Waals surface area contributed by atoms with E-state index in [4.69, 9.17) is 0 Å². The second-order valence-corrected chi connectivity index (χ2v) is 5.28. The second kappa shape index (κ2) is 3.25. The van der Waals surface area contributed by atoms with Gasteiger partial charge in [0.2, 0.25) is 0 Å². The molecule has 0 amide bonds. The van der Waals surface area contributed by atoms with Gasteiger partial charge < -0.3 is 5.32 Å². The van der Waals surface area contributed by atoms with Crippen LogP contribution in [0.5, 0.6) is 0 Å². The molecule has 13 heavy (non-hydrogen) atoms. The molecule has 0 spiro atoms. The molecule has 0 unspecified atom stereocenters. The smallest absolute Gasteiger partial charge is 0.0212 e. The van der Waals surface area contributed by atoms with Gasteiger partial charge in [-0.25, -0.2) is 0 Å². The molecular weight excluding hydrogens is 160 g/mol. The van der Waals surface area contributed by atoms with E-state index in [1.54, 1.807) is 0 Å². The molecule has 1 saturated heterocycles. The van der Waals surface area contributed by atoms with Crippen molar-refractivity contribution < 1.29 is 0 Å². The van der Waals surface area contributed by atoms with Gasteiger partial charge in [-0.1, -0.05) is 0 Å². The molecule has 0 aromatic heterocycles. The highest BCUT2D eigenvalue weighted by molar-refractivity contribution is 5.01. The lowest BCUT2D eigenvalue weighted by Gasteiger charge is -2.22. The molecule has 1 aliphatic carbocycles. The highest BCUT2D eigenvalue weighted by Gasteiger charge is 2.40. The van der Waals surface area contributed by atoms with Gasteiger partial charge in [0.1, 0.15) is 0 Å². The molecule has 1 heterocycles. The van der Waals surface area contributed by atoms with Crippen LogP contribution in [-0.2, 0) is 0 Å². The van der Waals surface area contributed by atoms with Crippen molar-refractivity contribution >= 4 is 0 Å². The number of hydrogen-bond donors (Lipinski definition) is 1. The maximum atomic E-state index is 3.77. The van der Waals surface area contributed by atoms with E-state index in [0.29, 0.717) is 5.54 Å². The second-order valence-electron chi connectivity index (χ2n) is 5.28.